The van der Waals surface area contributed by atoms with Crippen LogP contribution in [0, 0.1) is 0 Å². The number of aliphatic carboxylic acids is 1. The topological polar surface area (TPSA) is 82.8 Å². The minimum absolute atomic E-state index is 0.0245. The van der Waals surface area contributed by atoms with Gasteiger partial charge in [-0.25, -0.2) is 4.79 Å². The summed E-state index contributed by atoms with van der Waals surface area (Å²) < 4.78 is 5.17. The lowest BCUT2D eigenvalue weighted by atomic mass is 9.98. The van der Waals surface area contributed by atoms with E-state index in [2.05, 4.69) is 5.32 Å². The van der Waals surface area contributed by atoms with E-state index in [4.69, 9.17) is 9.52 Å². The number of nitrogens with one attached hydrogen (secondary N) is 1. The predicted octanol–water partition coefficient (Wildman–Crippen LogP) is 2.21. The second kappa shape index (κ2) is 6.98. The Labute approximate surface area is 117 Å². The first-order valence-electron chi connectivity index (χ1n) is 6.95. The van der Waals surface area contributed by atoms with Crippen molar-refractivity contribution in [3.8, 4) is 0 Å². The molecule has 1 aromatic heterocycles. The van der Waals surface area contributed by atoms with Crippen LogP contribution in [0.15, 0.2) is 22.8 Å². The summed E-state index contributed by atoms with van der Waals surface area (Å²) in [6.07, 6.45) is 5.08. The van der Waals surface area contributed by atoms with E-state index in [1.807, 2.05) is 0 Å². The molecule has 20 heavy (non-hydrogen) atoms. The third kappa shape index (κ3) is 4.01. The Bertz CT molecular complexity index is 444. The van der Waals surface area contributed by atoms with Crippen LogP contribution in [-0.4, -0.2) is 34.6 Å². The highest BCUT2D eigenvalue weighted by molar-refractivity contribution is 5.74. The second-order valence-electron chi connectivity index (χ2n) is 5.01. The van der Waals surface area contributed by atoms with Crippen LogP contribution >= 0.6 is 0 Å². The van der Waals surface area contributed by atoms with Gasteiger partial charge in [-0.05, 0) is 37.8 Å². The SMILES string of the molecule is O=C(O)CCC1CCCCN1C(=O)NCc1ccco1. The van der Waals surface area contributed by atoms with Crippen molar-refractivity contribution in [1.82, 2.24) is 10.2 Å². The van der Waals surface area contributed by atoms with Gasteiger partial charge in [0.05, 0.1) is 12.8 Å². The van der Waals surface area contributed by atoms with E-state index in [9.17, 15) is 9.59 Å². The summed E-state index contributed by atoms with van der Waals surface area (Å²) in [5, 5.41) is 11.6. The fourth-order valence-electron chi connectivity index (χ4n) is 2.54. The molecule has 6 heteroatoms. The molecule has 2 rings (SSSR count). The molecule has 0 spiro atoms. The number of carboxylic acid groups (broad SMARTS) is 1. The van der Waals surface area contributed by atoms with E-state index in [0.717, 1.165) is 19.3 Å². The maximum Gasteiger partial charge on any atom is 0.318 e. The van der Waals surface area contributed by atoms with Crippen molar-refractivity contribution < 1.29 is 19.1 Å². The fourth-order valence-corrected chi connectivity index (χ4v) is 2.54. The first-order valence-corrected chi connectivity index (χ1v) is 6.95. The van der Waals surface area contributed by atoms with Crippen molar-refractivity contribution >= 4 is 12.0 Å². The van der Waals surface area contributed by atoms with Gasteiger partial charge in [0.25, 0.3) is 0 Å². The highest BCUT2D eigenvalue weighted by Crippen LogP contribution is 2.21. The highest BCUT2D eigenvalue weighted by atomic mass is 16.4. The van der Waals surface area contributed by atoms with Gasteiger partial charge in [0, 0.05) is 19.0 Å². The van der Waals surface area contributed by atoms with Gasteiger partial charge in [-0.15, -0.1) is 0 Å². The molecule has 1 saturated heterocycles. The van der Waals surface area contributed by atoms with Crippen LogP contribution in [0.5, 0.6) is 0 Å². The van der Waals surface area contributed by atoms with Crippen LogP contribution < -0.4 is 5.32 Å². The highest BCUT2D eigenvalue weighted by Gasteiger charge is 2.26. The predicted molar refractivity (Wildman–Crippen MR) is 72.2 cm³/mol. The Morgan fingerprint density at radius 3 is 3.00 bits per heavy atom. The van der Waals surface area contributed by atoms with Crippen molar-refractivity contribution in [2.24, 2.45) is 0 Å². The molecule has 2 N–H and O–H groups in total. The average molecular weight is 280 g/mol. The van der Waals surface area contributed by atoms with E-state index < -0.39 is 5.97 Å². The summed E-state index contributed by atoms with van der Waals surface area (Å²) in [5.41, 5.74) is 0. The standard InChI is InChI=1S/C14H20N2O4/c17-13(18)7-6-11-4-1-2-8-16(11)14(19)15-10-12-5-3-9-20-12/h3,5,9,11H,1-2,4,6-8,10H2,(H,15,19)(H,17,18). The van der Waals surface area contributed by atoms with Gasteiger partial charge in [0.2, 0.25) is 0 Å². The smallest absolute Gasteiger partial charge is 0.318 e. The number of likely N-dealkylation sites (tertiary alicyclic amines) is 1. The Morgan fingerprint density at radius 2 is 2.30 bits per heavy atom. The molecule has 1 atom stereocenters. The molecule has 1 unspecified atom stereocenters. The van der Waals surface area contributed by atoms with Crippen LogP contribution in [0.1, 0.15) is 37.9 Å². The summed E-state index contributed by atoms with van der Waals surface area (Å²) in [6.45, 7) is 1.04. The Balaban J connectivity index is 1.86. The molecule has 2 amide bonds. The number of carbonyl (C=O) groups is 2. The van der Waals surface area contributed by atoms with E-state index in [1.54, 1.807) is 23.3 Å². The van der Waals surface area contributed by atoms with E-state index in [0.29, 0.717) is 25.3 Å². The summed E-state index contributed by atoms with van der Waals surface area (Å²) in [7, 11) is 0. The van der Waals surface area contributed by atoms with Crippen LogP contribution in [-0.2, 0) is 11.3 Å². The zero-order chi connectivity index (χ0) is 14.4. The van der Waals surface area contributed by atoms with Gasteiger partial charge >= 0.3 is 12.0 Å². The van der Waals surface area contributed by atoms with Gasteiger partial charge in [-0.3, -0.25) is 4.79 Å². The number of rotatable bonds is 5. The molecule has 0 aromatic carbocycles. The number of carbonyl (C=O) groups excluding carboxylic acids is 1. The summed E-state index contributed by atoms with van der Waals surface area (Å²) in [4.78, 5) is 24.6. The molecule has 0 aliphatic carbocycles. The van der Waals surface area contributed by atoms with Gasteiger partial charge in [-0.1, -0.05) is 0 Å². The average Bonchev–Trinajstić information content (AvgIpc) is 2.96. The number of nitrogens with zero attached hydrogens (tertiary/aromatic N) is 1. The number of urea groups is 1. The monoisotopic (exact) mass is 280 g/mol. The second-order valence-corrected chi connectivity index (χ2v) is 5.01. The molecular weight excluding hydrogens is 260 g/mol. The first-order chi connectivity index (χ1) is 9.66. The minimum atomic E-state index is -0.813. The number of hydrogen-bond acceptors (Lipinski definition) is 3. The summed E-state index contributed by atoms with van der Waals surface area (Å²) >= 11 is 0. The van der Waals surface area contributed by atoms with Crippen LogP contribution in [0.4, 0.5) is 4.79 Å². The number of hydrogen-bond donors (Lipinski definition) is 2. The molecule has 1 aliphatic heterocycles. The van der Waals surface area contributed by atoms with Crippen LogP contribution in [0.3, 0.4) is 0 Å². The van der Waals surface area contributed by atoms with Gasteiger partial charge < -0.3 is 19.7 Å². The molecular formula is C14H20N2O4. The largest absolute Gasteiger partial charge is 0.481 e. The first kappa shape index (κ1) is 14.4. The lowest BCUT2D eigenvalue weighted by molar-refractivity contribution is -0.137. The molecule has 0 bridgehead atoms. The maximum atomic E-state index is 12.2. The Hall–Kier alpha value is -1.98. The summed E-state index contributed by atoms with van der Waals surface area (Å²) in [6, 6.07) is 3.46. The lowest BCUT2D eigenvalue weighted by Gasteiger charge is -2.35. The van der Waals surface area contributed by atoms with Crippen LogP contribution in [0.2, 0.25) is 0 Å². The zero-order valence-corrected chi connectivity index (χ0v) is 11.4. The third-order valence-electron chi connectivity index (χ3n) is 3.57. The molecule has 1 aliphatic rings. The van der Waals surface area contributed by atoms with Gasteiger partial charge in [0.1, 0.15) is 5.76 Å². The van der Waals surface area contributed by atoms with Crippen molar-refractivity contribution in [3.63, 3.8) is 0 Å². The molecule has 110 valence electrons. The molecule has 0 saturated carbocycles. The number of furan rings is 1. The summed E-state index contributed by atoms with van der Waals surface area (Å²) in [5.74, 6) is -0.107. The lowest BCUT2D eigenvalue weighted by Crippen LogP contribution is -2.48. The third-order valence-corrected chi connectivity index (χ3v) is 3.57. The van der Waals surface area contributed by atoms with Gasteiger partial charge in [-0.2, -0.15) is 0 Å². The molecule has 1 fully saturated rings. The quantitative estimate of drug-likeness (QED) is 0.866. The number of carboxylic acids is 1. The van der Waals surface area contributed by atoms with E-state index >= 15 is 0 Å². The molecule has 2 heterocycles. The van der Waals surface area contributed by atoms with Crippen molar-refractivity contribution in [2.75, 3.05) is 6.54 Å². The normalized spacial score (nSPS) is 18.8. The minimum Gasteiger partial charge on any atom is -0.481 e. The Kier molecular flexibility index (Phi) is 5.03. The number of piperidine rings is 1. The number of amides is 2. The van der Waals surface area contributed by atoms with Crippen molar-refractivity contribution in [1.29, 1.82) is 0 Å². The maximum absolute atomic E-state index is 12.2. The van der Waals surface area contributed by atoms with Crippen molar-refractivity contribution in [2.45, 2.75) is 44.7 Å². The van der Waals surface area contributed by atoms with E-state index in [1.165, 1.54) is 0 Å². The molecule has 6 nitrogen and oxygen atoms in total. The van der Waals surface area contributed by atoms with E-state index in [-0.39, 0.29) is 18.5 Å². The van der Waals surface area contributed by atoms with Crippen LogP contribution in [0.25, 0.3) is 0 Å². The molecule has 1 aromatic rings. The van der Waals surface area contributed by atoms with Crippen molar-refractivity contribution in [3.05, 3.63) is 24.2 Å². The van der Waals surface area contributed by atoms with Gasteiger partial charge in [0.15, 0.2) is 0 Å². The Morgan fingerprint density at radius 1 is 1.45 bits per heavy atom. The molecule has 0 radical (unpaired) electrons. The zero-order valence-electron chi connectivity index (χ0n) is 11.4. The fraction of sp³-hybridized carbons (Fsp3) is 0.571.